The van der Waals surface area contributed by atoms with Crippen LogP contribution in [0.2, 0.25) is 0 Å². The quantitative estimate of drug-likeness (QED) is 0.790. The van der Waals surface area contributed by atoms with Crippen molar-refractivity contribution in [2.24, 2.45) is 7.05 Å². The molecule has 1 heterocycles. The minimum atomic E-state index is -0.277. The maximum atomic E-state index is 12.3. The van der Waals surface area contributed by atoms with Crippen LogP contribution in [0.4, 0.5) is 5.82 Å². The molecule has 1 aromatic rings. The summed E-state index contributed by atoms with van der Waals surface area (Å²) in [6.45, 7) is 9.82. The number of hydrogen-bond donors (Lipinski definition) is 1. The molecule has 0 atom stereocenters. The summed E-state index contributed by atoms with van der Waals surface area (Å²) in [6.07, 6.45) is 0.821. The van der Waals surface area contributed by atoms with Gasteiger partial charge in [0.2, 0.25) is 5.91 Å². The molecule has 130 valence electrons. The number of nitrogens with one attached hydrogen (secondary N) is 1. The van der Waals surface area contributed by atoms with Crippen LogP contribution in [0, 0.1) is 0 Å². The monoisotopic (exact) mass is 386 g/mol. The first-order valence-corrected chi connectivity index (χ1v) is 8.33. The van der Waals surface area contributed by atoms with E-state index in [4.69, 9.17) is 0 Å². The summed E-state index contributed by atoms with van der Waals surface area (Å²) in [5.74, 6) is 0.725. The Morgan fingerprint density at radius 1 is 1.30 bits per heavy atom. The second-order valence-electron chi connectivity index (χ2n) is 7.10. The molecule has 0 aliphatic rings. The van der Waals surface area contributed by atoms with Crippen molar-refractivity contribution in [1.82, 2.24) is 14.9 Å². The van der Waals surface area contributed by atoms with Crippen LogP contribution in [0.1, 0.15) is 57.4 Å². The van der Waals surface area contributed by atoms with Gasteiger partial charge in [0.15, 0.2) is 11.5 Å². The molecule has 0 aromatic carbocycles. The van der Waals surface area contributed by atoms with Crippen molar-refractivity contribution in [3.8, 4) is 0 Å². The lowest BCUT2D eigenvalue weighted by Gasteiger charge is -2.30. The average molecular weight is 387 g/mol. The number of carbonyl (C=O) groups excluding carboxylic acids is 2. The number of hydrogen-bond acceptors (Lipinski definition) is 3. The highest BCUT2D eigenvalue weighted by Crippen LogP contribution is 2.37. The van der Waals surface area contributed by atoms with Crippen LogP contribution in [0.15, 0.2) is 0 Å². The number of halogens is 1. The zero-order chi connectivity index (χ0) is 18.2. The smallest absolute Gasteiger partial charge is 0.271 e. The maximum Gasteiger partial charge on any atom is 0.271 e. The standard InChI is InChI=1S/C16H27BrN4O2/c1-10(22)20(7)12-11(13(23)18-6)21(8)14(19-12)15(2,3)9-16(4,5)17/h9H2,1-8H3,(H,18,23). The lowest BCUT2D eigenvalue weighted by molar-refractivity contribution is -0.116. The first kappa shape index (κ1) is 19.7. The molecule has 1 rings (SSSR count). The fourth-order valence-corrected chi connectivity index (χ4v) is 3.68. The van der Waals surface area contributed by atoms with Crippen molar-refractivity contribution in [2.75, 3.05) is 19.0 Å². The van der Waals surface area contributed by atoms with Gasteiger partial charge in [-0.25, -0.2) is 4.98 Å². The Morgan fingerprint density at radius 2 is 1.83 bits per heavy atom. The summed E-state index contributed by atoms with van der Waals surface area (Å²) in [5, 5.41) is 2.62. The molecule has 0 fully saturated rings. The Kier molecular flexibility index (Phi) is 5.67. The van der Waals surface area contributed by atoms with E-state index in [2.05, 4.69) is 53.9 Å². The minimum absolute atomic E-state index is 0.0672. The predicted molar refractivity (Wildman–Crippen MR) is 96.3 cm³/mol. The van der Waals surface area contributed by atoms with Crippen LogP contribution in [0.3, 0.4) is 0 Å². The molecule has 6 nitrogen and oxygen atoms in total. The van der Waals surface area contributed by atoms with Crippen LogP contribution in [0.25, 0.3) is 0 Å². The summed E-state index contributed by atoms with van der Waals surface area (Å²) in [7, 11) is 5.01. The fraction of sp³-hybridized carbons (Fsp3) is 0.688. The van der Waals surface area contributed by atoms with Gasteiger partial charge in [0.05, 0.1) is 0 Å². The van der Waals surface area contributed by atoms with Gasteiger partial charge in [0.1, 0.15) is 5.82 Å². The van der Waals surface area contributed by atoms with E-state index in [0.29, 0.717) is 11.5 Å². The van der Waals surface area contributed by atoms with Gasteiger partial charge in [-0.1, -0.05) is 43.6 Å². The topological polar surface area (TPSA) is 67.2 Å². The Balaban J connectivity index is 3.52. The number of amides is 2. The highest BCUT2D eigenvalue weighted by molar-refractivity contribution is 9.10. The van der Waals surface area contributed by atoms with Crippen LogP contribution >= 0.6 is 15.9 Å². The second-order valence-corrected chi connectivity index (χ2v) is 9.25. The number of aromatic nitrogens is 2. The second kappa shape index (κ2) is 6.63. The molecule has 7 heteroatoms. The first-order chi connectivity index (χ1) is 10.3. The minimum Gasteiger partial charge on any atom is -0.354 e. The third-order valence-electron chi connectivity index (χ3n) is 3.78. The van der Waals surface area contributed by atoms with Crippen molar-refractivity contribution in [2.45, 2.75) is 50.8 Å². The fourth-order valence-electron chi connectivity index (χ4n) is 2.97. The molecule has 0 unspecified atom stereocenters. The maximum absolute atomic E-state index is 12.3. The molecule has 0 aliphatic carbocycles. The molecule has 0 saturated heterocycles. The van der Waals surface area contributed by atoms with E-state index in [9.17, 15) is 9.59 Å². The molecule has 23 heavy (non-hydrogen) atoms. The van der Waals surface area contributed by atoms with Crippen molar-refractivity contribution in [3.63, 3.8) is 0 Å². The molecule has 0 bridgehead atoms. The van der Waals surface area contributed by atoms with Crippen LogP contribution in [-0.2, 0) is 17.3 Å². The Morgan fingerprint density at radius 3 is 2.22 bits per heavy atom. The van der Waals surface area contributed by atoms with Gasteiger partial charge < -0.3 is 9.88 Å². The number of anilines is 1. The van der Waals surface area contributed by atoms with Gasteiger partial charge in [-0.2, -0.15) is 0 Å². The largest absolute Gasteiger partial charge is 0.354 e. The third-order valence-corrected chi connectivity index (χ3v) is 4.06. The summed E-state index contributed by atoms with van der Waals surface area (Å²) in [5.41, 5.74) is 0.112. The number of imidazole rings is 1. The van der Waals surface area contributed by atoms with Crippen molar-refractivity contribution >= 4 is 33.6 Å². The number of carbonyl (C=O) groups is 2. The highest BCUT2D eigenvalue weighted by atomic mass is 79.9. The van der Waals surface area contributed by atoms with E-state index in [0.717, 1.165) is 12.2 Å². The van der Waals surface area contributed by atoms with Gasteiger partial charge in [0, 0.05) is 37.8 Å². The Labute approximate surface area is 146 Å². The Hall–Kier alpha value is -1.37. The van der Waals surface area contributed by atoms with Crippen molar-refractivity contribution < 1.29 is 9.59 Å². The van der Waals surface area contributed by atoms with Crippen molar-refractivity contribution in [3.05, 3.63) is 11.5 Å². The zero-order valence-electron chi connectivity index (χ0n) is 15.2. The lowest BCUT2D eigenvalue weighted by atomic mass is 9.83. The van der Waals surface area contributed by atoms with Gasteiger partial charge in [-0.15, -0.1) is 0 Å². The predicted octanol–water partition coefficient (Wildman–Crippen LogP) is 2.60. The number of nitrogens with zero attached hydrogens (tertiary/aromatic N) is 3. The first-order valence-electron chi connectivity index (χ1n) is 7.54. The lowest BCUT2D eigenvalue weighted by Crippen LogP contribution is -2.31. The third kappa shape index (κ3) is 4.34. The molecule has 1 N–H and O–H groups in total. The molecule has 0 saturated carbocycles. The molecule has 2 amide bonds. The molecule has 0 aliphatic heterocycles. The molecule has 1 aromatic heterocycles. The SMILES string of the molecule is CNC(=O)c1c(N(C)C(C)=O)nc(C(C)(C)CC(C)(C)Br)n1C. The van der Waals surface area contributed by atoms with Crippen molar-refractivity contribution in [1.29, 1.82) is 0 Å². The van der Waals surface area contributed by atoms with Gasteiger partial charge in [0.25, 0.3) is 5.91 Å². The van der Waals surface area contributed by atoms with Gasteiger partial charge in [-0.3, -0.25) is 14.5 Å². The molecular formula is C16H27BrN4O2. The van der Waals surface area contributed by atoms with Gasteiger partial charge >= 0.3 is 0 Å². The summed E-state index contributed by atoms with van der Waals surface area (Å²) in [6, 6.07) is 0. The molecule has 0 radical (unpaired) electrons. The normalized spacial score (nSPS) is 12.2. The van der Waals surface area contributed by atoms with E-state index in [1.807, 2.05) is 7.05 Å². The summed E-state index contributed by atoms with van der Waals surface area (Å²) < 4.78 is 1.72. The number of alkyl halides is 1. The van der Waals surface area contributed by atoms with Crippen LogP contribution in [0.5, 0.6) is 0 Å². The van der Waals surface area contributed by atoms with E-state index in [-0.39, 0.29) is 21.6 Å². The molecular weight excluding hydrogens is 360 g/mol. The Bertz CT molecular complexity index is 614. The molecule has 0 spiro atoms. The summed E-state index contributed by atoms with van der Waals surface area (Å²) >= 11 is 3.68. The highest BCUT2D eigenvalue weighted by Gasteiger charge is 2.35. The number of rotatable bonds is 5. The van der Waals surface area contributed by atoms with E-state index < -0.39 is 0 Å². The van der Waals surface area contributed by atoms with Crippen LogP contribution < -0.4 is 10.2 Å². The average Bonchev–Trinajstić information content (AvgIpc) is 2.72. The summed E-state index contributed by atoms with van der Waals surface area (Å²) in [4.78, 5) is 30.1. The van der Waals surface area contributed by atoms with E-state index in [1.165, 1.54) is 11.8 Å². The van der Waals surface area contributed by atoms with E-state index in [1.54, 1.807) is 18.7 Å². The van der Waals surface area contributed by atoms with Gasteiger partial charge in [-0.05, 0) is 6.42 Å². The van der Waals surface area contributed by atoms with Crippen LogP contribution in [-0.4, -0.2) is 39.8 Å². The van der Waals surface area contributed by atoms with E-state index >= 15 is 0 Å². The zero-order valence-corrected chi connectivity index (χ0v) is 16.8.